The molecule has 0 radical (unpaired) electrons. The van der Waals surface area contributed by atoms with E-state index in [-0.39, 0.29) is 37.9 Å². The van der Waals surface area contributed by atoms with Gasteiger partial charge < -0.3 is 26.0 Å². The SMILES string of the molecule is C[C@@H](O)[C@@H]1NC(=O)CN(C2CC2)C(=O)CCc2cn(nn2)CCNC(=O)[C@H](Cc2ccccc2)NC1=O. The Morgan fingerprint density at radius 1 is 1.05 bits per heavy atom. The molecule has 2 bridgehead atoms. The van der Waals surface area contributed by atoms with Gasteiger partial charge in [0.05, 0.1) is 24.9 Å². The first-order valence-electron chi connectivity index (χ1n) is 12.6. The first-order chi connectivity index (χ1) is 17.8. The number of fused-ring (bicyclic) bond motifs is 2. The van der Waals surface area contributed by atoms with Gasteiger partial charge in [0, 0.05) is 38.0 Å². The van der Waals surface area contributed by atoms with Crippen molar-refractivity contribution >= 4 is 23.6 Å². The quantitative estimate of drug-likeness (QED) is 0.407. The summed E-state index contributed by atoms with van der Waals surface area (Å²) in [7, 11) is 0. The van der Waals surface area contributed by atoms with Gasteiger partial charge in [0.2, 0.25) is 23.6 Å². The number of amides is 4. The zero-order valence-corrected chi connectivity index (χ0v) is 20.8. The second-order valence-corrected chi connectivity index (χ2v) is 9.55. The van der Waals surface area contributed by atoms with E-state index in [1.807, 2.05) is 30.3 Å². The summed E-state index contributed by atoms with van der Waals surface area (Å²) < 4.78 is 1.59. The van der Waals surface area contributed by atoms with Crippen LogP contribution in [0.15, 0.2) is 36.5 Å². The zero-order chi connectivity index (χ0) is 26.4. The van der Waals surface area contributed by atoms with Crippen LogP contribution in [0.5, 0.6) is 0 Å². The van der Waals surface area contributed by atoms with Crippen molar-refractivity contribution in [3.8, 4) is 0 Å². The first-order valence-corrected chi connectivity index (χ1v) is 12.6. The number of benzene rings is 1. The summed E-state index contributed by atoms with van der Waals surface area (Å²) in [6, 6.07) is 6.97. The molecule has 1 aliphatic heterocycles. The molecule has 37 heavy (non-hydrogen) atoms. The van der Waals surface area contributed by atoms with Gasteiger partial charge in [-0.3, -0.25) is 23.9 Å². The van der Waals surface area contributed by atoms with E-state index in [4.69, 9.17) is 0 Å². The Kier molecular flexibility index (Phi) is 8.49. The molecule has 4 rings (SSSR count). The highest BCUT2D eigenvalue weighted by Gasteiger charge is 2.35. The minimum Gasteiger partial charge on any atom is -0.391 e. The van der Waals surface area contributed by atoms with Crippen LogP contribution in [0.25, 0.3) is 0 Å². The van der Waals surface area contributed by atoms with Crippen molar-refractivity contribution in [3.63, 3.8) is 0 Å². The lowest BCUT2D eigenvalue weighted by atomic mass is 10.0. The summed E-state index contributed by atoms with van der Waals surface area (Å²) in [5, 5.41) is 26.5. The lowest BCUT2D eigenvalue weighted by Gasteiger charge is -2.27. The van der Waals surface area contributed by atoms with E-state index < -0.39 is 35.9 Å². The third-order valence-electron chi connectivity index (χ3n) is 6.44. The molecule has 2 aromatic rings. The highest BCUT2D eigenvalue weighted by Crippen LogP contribution is 2.27. The summed E-state index contributed by atoms with van der Waals surface area (Å²) in [6.45, 7) is 1.77. The van der Waals surface area contributed by atoms with Crippen LogP contribution in [0.2, 0.25) is 0 Å². The second-order valence-electron chi connectivity index (χ2n) is 9.55. The predicted molar refractivity (Wildman–Crippen MR) is 132 cm³/mol. The second kappa shape index (κ2) is 12.0. The summed E-state index contributed by atoms with van der Waals surface area (Å²) in [4.78, 5) is 53.5. The van der Waals surface area contributed by atoms with Crippen LogP contribution in [-0.4, -0.2) is 85.9 Å². The molecule has 1 aromatic carbocycles. The Morgan fingerprint density at radius 3 is 2.51 bits per heavy atom. The molecule has 12 heteroatoms. The van der Waals surface area contributed by atoms with Crippen molar-refractivity contribution in [1.82, 2.24) is 35.8 Å². The molecule has 0 unspecified atom stereocenters. The molecule has 2 aliphatic rings. The number of carbonyl (C=O) groups is 4. The highest BCUT2D eigenvalue weighted by molar-refractivity contribution is 5.93. The number of aliphatic hydroxyl groups is 1. The van der Waals surface area contributed by atoms with Crippen molar-refractivity contribution < 1.29 is 24.3 Å². The van der Waals surface area contributed by atoms with E-state index in [1.165, 1.54) is 11.8 Å². The fraction of sp³-hybridized carbons (Fsp3) is 0.520. The van der Waals surface area contributed by atoms with Gasteiger partial charge in [-0.2, -0.15) is 0 Å². The number of aryl methyl sites for hydroxylation is 1. The largest absolute Gasteiger partial charge is 0.391 e. The van der Waals surface area contributed by atoms with Crippen LogP contribution in [0, 0.1) is 0 Å². The topological polar surface area (TPSA) is 159 Å². The van der Waals surface area contributed by atoms with Crippen LogP contribution >= 0.6 is 0 Å². The van der Waals surface area contributed by atoms with E-state index in [1.54, 1.807) is 10.9 Å². The fourth-order valence-electron chi connectivity index (χ4n) is 4.26. The molecule has 1 saturated carbocycles. The molecule has 4 amide bonds. The summed E-state index contributed by atoms with van der Waals surface area (Å²) in [5.41, 5.74) is 1.48. The van der Waals surface area contributed by atoms with Crippen molar-refractivity contribution in [2.45, 2.75) is 69.8 Å². The molecule has 4 N–H and O–H groups in total. The zero-order valence-electron chi connectivity index (χ0n) is 20.8. The predicted octanol–water partition coefficient (Wildman–Crippen LogP) is -1.08. The number of nitrogens with one attached hydrogen (secondary N) is 3. The number of hydrogen-bond acceptors (Lipinski definition) is 7. The van der Waals surface area contributed by atoms with Crippen LogP contribution < -0.4 is 16.0 Å². The molecule has 198 valence electrons. The van der Waals surface area contributed by atoms with E-state index in [2.05, 4.69) is 26.3 Å². The molecular weight excluding hydrogens is 478 g/mol. The number of nitrogens with zero attached hydrogens (tertiary/aromatic N) is 4. The molecule has 1 fully saturated rings. The van der Waals surface area contributed by atoms with Crippen molar-refractivity contribution in [2.24, 2.45) is 0 Å². The van der Waals surface area contributed by atoms with Gasteiger partial charge in [-0.25, -0.2) is 0 Å². The standard InChI is InChI=1S/C25H33N7O5/c1-16(33)23-25(37)27-20(13-17-5-3-2-4-6-17)24(36)26-11-12-31-14-18(29-30-31)7-10-22(35)32(19-8-9-19)15-21(34)28-23/h2-6,14,16,19-20,23,33H,7-13,15H2,1H3,(H,26,36)(H,27,37)(H,28,34)/t16-,20+,23+/m1/s1. The van der Waals surface area contributed by atoms with Crippen molar-refractivity contribution in [2.75, 3.05) is 13.1 Å². The summed E-state index contributed by atoms with van der Waals surface area (Å²) in [5.74, 6) is -1.83. The van der Waals surface area contributed by atoms with E-state index in [9.17, 15) is 24.3 Å². The number of aromatic nitrogens is 3. The average molecular weight is 512 g/mol. The normalized spacial score (nSPS) is 23.4. The number of aliphatic hydroxyl groups excluding tert-OH is 1. The summed E-state index contributed by atoms with van der Waals surface area (Å²) >= 11 is 0. The van der Waals surface area contributed by atoms with E-state index in [0.29, 0.717) is 18.7 Å². The third kappa shape index (κ3) is 7.35. The van der Waals surface area contributed by atoms with Crippen LogP contribution in [0.4, 0.5) is 0 Å². The Labute approximate surface area is 214 Å². The average Bonchev–Trinajstić information content (AvgIpc) is 3.62. The maximum absolute atomic E-state index is 13.1. The minimum atomic E-state index is -1.29. The molecule has 2 heterocycles. The fourth-order valence-corrected chi connectivity index (χ4v) is 4.26. The monoisotopic (exact) mass is 511 g/mol. The van der Waals surface area contributed by atoms with Gasteiger partial charge in [-0.15, -0.1) is 5.10 Å². The number of carbonyl (C=O) groups excluding carboxylic acids is 4. The Bertz CT molecular complexity index is 1120. The minimum absolute atomic E-state index is 0.0164. The Hall–Kier alpha value is -3.80. The van der Waals surface area contributed by atoms with Crippen LogP contribution in [0.1, 0.15) is 37.4 Å². The molecule has 0 spiro atoms. The van der Waals surface area contributed by atoms with Gasteiger partial charge in [0.1, 0.15) is 12.1 Å². The Balaban J connectivity index is 1.56. The third-order valence-corrected chi connectivity index (χ3v) is 6.44. The van der Waals surface area contributed by atoms with E-state index in [0.717, 1.165) is 18.4 Å². The number of hydrogen-bond donors (Lipinski definition) is 4. The van der Waals surface area contributed by atoms with Gasteiger partial charge in [0.15, 0.2) is 0 Å². The molecule has 12 nitrogen and oxygen atoms in total. The Morgan fingerprint density at radius 2 is 1.81 bits per heavy atom. The van der Waals surface area contributed by atoms with Crippen molar-refractivity contribution in [3.05, 3.63) is 47.8 Å². The molecule has 0 saturated heterocycles. The summed E-state index contributed by atoms with van der Waals surface area (Å²) in [6.07, 6.45) is 2.88. The molecule has 3 atom stereocenters. The molecule has 1 aromatic heterocycles. The van der Waals surface area contributed by atoms with Gasteiger partial charge >= 0.3 is 0 Å². The van der Waals surface area contributed by atoms with Crippen LogP contribution in [-0.2, 0) is 38.6 Å². The maximum atomic E-state index is 13.1. The first kappa shape index (κ1) is 26.3. The lowest BCUT2D eigenvalue weighted by Crippen LogP contribution is -2.58. The number of rotatable bonds is 4. The van der Waals surface area contributed by atoms with Gasteiger partial charge in [0.25, 0.3) is 0 Å². The lowest BCUT2D eigenvalue weighted by molar-refractivity contribution is -0.138. The maximum Gasteiger partial charge on any atom is 0.245 e. The molecule has 1 aliphatic carbocycles. The van der Waals surface area contributed by atoms with Gasteiger partial charge in [-0.1, -0.05) is 35.5 Å². The van der Waals surface area contributed by atoms with Crippen molar-refractivity contribution in [1.29, 1.82) is 0 Å². The van der Waals surface area contributed by atoms with Crippen LogP contribution in [0.3, 0.4) is 0 Å². The van der Waals surface area contributed by atoms with E-state index >= 15 is 0 Å². The smallest absolute Gasteiger partial charge is 0.245 e. The highest BCUT2D eigenvalue weighted by atomic mass is 16.3. The molecular formula is C25H33N7O5. The van der Waals surface area contributed by atoms with Gasteiger partial charge in [-0.05, 0) is 25.3 Å².